The molecule has 0 amide bonds. The summed E-state index contributed by atoms with van der Waals surface area (Å²) in [5.41, 5.74) is 1.32. The number of methoxy groups -OCH3 is 1. The lowest BCUT2D eigenvalue weighted by atomic mass is 9.86. The third-order valence-electron chi connectivity index (χ3n) is 4.53. The van der Waals surface area contributed by atoms with Gasteiger partial charge in [0.15, 0.2) is 5.13 Å². The van der Waals surface area contributed by atoms with Crippen LogP contribution in [0.5, 0.6) is 0 Å². The molecule has 104 valence electrons. The van der Waals surface area contributed by atoms with Gasteiger partial charge in [-0.05, 0) is 31.6 Å². The fourth-order valence-electron chi connectivity index (χ4n) is 3.43. The molecule has 1 saturated heterocycles. The Labute approximate surface area is 117 Å². The van der Waals surface area contributed by atoms with Gasteiger partial charge in [-0.15, -0.1) is 0 Å². The van der Waals surface area contributed by atoms with E-state index < -0.39 is 0 Å². The van der Waals surface area contributed by atoms with Gasteiger partial charge in [0.25, 0.3) is 0 Å². The highest BCUT2D eigenvalue weighted by atomic mass is 32.1. The summed E-state index contributed by atoms with van der Waals surface area (Å²) >= 11 is 1.47. The number of carbonyl (C=O) groups is 1. The Morgan fingerprint density at radius 1 is 1.37 bits per heavy atom. The molecule has 1 aliphatic carbocycles. The quantitative estimate of drug-likeness (QED) is 0.781. The van der Waals surface area contributed by atoms with Gasteiger partial charge >= 0.3 is 5.97 Å². The zero-order valence-corrected chi connectivity index (χ0v) is 12.4. The molecular formula is C14H20N2O2S. The average molecular weight is 280 g/mol. The van der Waals surface area contributed by atoms with Crippen molar-refractivity contribution in [2.45, 2.75) is 39.0 Å². The minimum atomic E-state index is -0.268. The van der Waals surface area contributed by atoms with Gasteiger partial charge in [0.05, 0.1) is 12.8 Å². The summed E-state index contributed by atoms with van der Waals surface area (Å²) in [5.74, 6) is -0.268. The van der Waals surface area contributed by atoms with E-state index in [0.717, 1.165) is 23.9 Å². The Kier molecular flexibility index (Phi) is 3.25. The van der Waals surface area contributed by atoms with Crippen molar-refractivity contribution >= 4 is 22.4 Å². The van der Waals surface area contributed by atoms with Crippen LogP contribution in [0.4, 0.5) is 5.13 Å². The highest BCUT2D eigenvalue weighted by Crippen LogP contribution is 2.46. The third kappa shape index (κ3) is 2.24. The van der Waals surface area contributed by atoms with Crippen LogP contribution >= 0.6 is 11.3 Å². The molecule has 0 N–H and O–H groups in total. The van der Waals surface area contributed by atoms with Gasteiger partial charge in [0.1, 0.15) is 4.88 Å². The number of anilines is 1. The van der Waals surface area contributed by atoms with E-state index in [4.69, 9.17) is 4.74 Å². The molecule has 1 spiro atoms. The Balaban J connectivity index is 1.78. The molecule has 0 unspecified atom stereocenters. The highest BCUT2D eigenvalue weighted by Gasteiger charge is 2.41. The smallest absolute Gasteiger partial charge is 0.350 e. The number of thiazole rings is 1. The van der Waals surface area contributed by atoms with Crippen LogP contribution in [0.1, 0.15) is 47.5 Å². The van der Waals surface area contributed by atoms with E-state index in [1.165, 1.54) is 50.6 Å². The summed E-state index contributed by atoms with van der Waals surface area (Å²) in [5, 5.41) is 0.988. The average Bonchev–Trinajstić information content (AvgIpc) is 3.11. The van der Waals surface area contributed by atoms with Crippen molar-refractivity contribution in [1.29, 1.82) is 0 Å². The van der Waals surface area contributed by atoms with Crippen LogP contribution in [0, 0.1) is 12.3 Å². The maximum absolute atomic E-state index is 11.6. The predicted octanol–water partition coefficient (Wildman–Crippen LogP) is 3.01. The minimum Gasteiger partial charge on any atom is -0.465 e. The van der Waals surface area contributed by atoms with Crippen LogP contribution < -0.4 is 4.90 Å². The minimum absolute atomic E-state index is 0.268. The lowest BCUT2D eigenvalue weighted by Crippen LogP contribution is -2.24. The molecule has 1 aromatic heterocycles. The first-order valence-corrected chi connectivity index (χ1v) is 7.76. The topological polar surface area (TPSA) is 42.4 Å². The van der Waals surface area contributed by atoms with Gasteiger partial charge in [-0.2, -0.15) is 0 Å². The largest absolute Gasteiger partial charge is 0.465 e. The van der Waals surface area contributed by atoms with Gasteiger partial charge in [-0.25, -0.2) is 9.78 Å². The van der Waals surface area contributed by atoms with Crippen LogP contribution in [-0.2, 0) is 4.74 Å². The second-order valence-corrected chi connectivity index (χ2v) is 6.76. The van der Waals surface area contributed by atoms with E-state index in [1.54, 1.807) is 0 Å². The number of esters is 1. The van der Waals surface area contributed by atoms with E-state index in [9.17, 15) is 4.79 Å². The second kappa shape index (κ2) is 4.78. The second-order valence-electron chi connectivity index (χ2n) is 5.78. The molecule has 1 aliphatic heterocycles. The monoisotopic (exact) mass is 280 g/mol. The highest BCUT2D eigenvalue weighted by molar-refractivity contribution is 7.17. The Morgan fingerprint density at radius 3 is 2.79 bits per heavy atom. The zero-order chi connectivity index (χ0) is 13.5. The van der Waals surface area contributed by atoms with Crippen LogP contribution in [0.2, 0.25) is 0 Å². The van der Waals surface area contributed by atoms with Crippen molar-refractivity contribution in [3.63, 3.8) is 0 Å². The molecule has 19 heavy (non-hydrogen) atoms. The lowest BCUT2D eigenvalue weighted by Gasteiger charge is -2.23. The molecule has 1 aromatic rings. The van der Waals surface area contributed by atoms with Crippen LogP contribution in [0.3, 0.4) is 0 Å². The molecule has 1 saturated carbocycles. The van der Waals surface area contributed by atoms with Crippen molar-refractivity contribution in [3.8, 4) is 0 Å². The van der Waals surface area contributed by atoms with E-state index in [0.29, 0.717) is 10.3 Å². The summed E-state index contributed by atoms with van der Waals surface area (Å²) in [7, 11) is 1.42. The fraction of sp³-hybridized carbons (Fsp3) is 0.714. The number of hydrogen-bond acceptors (Lipinski definition) is 5. The molecule has 5 heteroatoms. The first-order chi connectivity index (χ1) is 9.13. The van der Waals surface area contributed by atoms with Gasteiger partial charge < -0.3 is 9.64 Å². The van der Waals surface area contributed by atoms with E-state index in [1.807, 2.05) is 6.92 Å². The van der Waals surface area contributed by atoms with Crippen molar-refractivity contribution in [2.75, 3.05) is 25.1 Å². The normalized spacial score (nSPS) is 21.3. The molecule has 2 heterocycles. The van der Waals surface area contributed by atoms with Crippen LogP contribution in [0.25, 0.3) is 0 Å². The van der Waals surface area contributed by atoms with Crippen LogP contribution in [0.15, 0.2) is 0 Å². The molecule has 2 fully saturated rings. The summed E-state index contributed by atoms with van der Waals surface area (Å²) < 4.78 is 4.80. The molecule has 4 nitrogen and oxygen atoms in total. The standard InChI is InChI=1S/C14H20N2O2S/c1-10-11(12(17)18-2)19-13(15-10)16-8-7-14(9-16)5-3-4-6-14/h3-9H2,1-2H3. The van der Waals surface area contributed by atoms with Gasteiger partial charge in [0, 0.05) is 13.1 Å². The molecule has 0 bridgehead atoms. The third-order valence-corrected chi connectivity index (χ3v) is 5.73. The Bertz CT molecular complexity index is 492. The number of ether oxygens (including phenoxy) is 1. The Hall–Kier alpha value is -1.10. The van der Waals surface area contributed by atoms with Crippen molar-refractivity contribution in [2.24, 2.45) is 5.41 Å². The molecule has 0 aromatic carbocycles. The fourth-order valence-corrected chi connectivity index (χ4v) is 4.44. The molecule has 0 atom stereocenters. The SMILES string of the molecule is COC(=O)c1sc(N2CCC3(CCCC3)C2)nc1C. The van der Waals surface area contributed by atoms with Crippen LogP contribution in [-0.4, -0.2) is 31.2 Å². The van der Waals surface area contributed by atoms with Gasteiger partial charge in [-0.3, -0.25) is 0 Å². The summed E-state index contributed by atoms with van der Waals surface area (Å²) in [4.78, 5) is 19.2. The molecule has 0 radical (unpaired) electrons. The number of rotatable bonds is 2. The number of aryl methyl sites for hydroxylation is 1. The molecular weight excluding hydrogens is 260 g/mol. The van der Waals surface area contributed by atoms with E-state index in [2.05, 4.69) is 9.88 Å². The van der Waals surface area contributed by atoms with E-state index >= 15 is 0 Å². The number of hydrogen-bond donors (Lipinski definition) is 0. The number of carbonyl (C=O) groups excluding carboxylic acids is 1. The number of nitrogens with zero attached hydrogens (tertiary/aromatic N) is 2. The first-order valence-electron chi connectivity index (χ1n) is 6.94. The predicted molar refractivity (Wildman–Crippen MR) is 75.9 cm³/mol. The summed E-state index contributed by atoms with van der Waals surface area (Å²) in [6.07, 6.45) is 6.74. The Morgan fingerprint density at radius 2 is 2.11 bits per heavy atom. The number of aromatic nitrogens is 1. The maximum atomic E-state index is 11.6. The van der Waals surface area contributed by atoms with Crippen molar-refractivity contribution in [1.82, 2.24) is 4.98 Å². The van der Waals surface area contributed by atoms with Crippen molar-refractivity contribution in [3.05, 3.63) is 10.6 Å². The summed E-state index contributed by atoms with van der Waals surface area (Å²) in [6, 6.07) is 0. The maximum Gasteiger partial charge on any atom is 0.350 e. The van der Waals surface area contributed by atoms with E-state index in [-0.39, 0.29) is 5.97 Å². The summed E-state index contributed by atoms with van der Waals surface area (Å²) in [6.45, 7) is 4.07. The molecule has 3 rings (SSSR count). The molecule has 2 aliphatic rings. The van der Waals surface area contributed by atoms with Gasteiger partial charge in [-0.1, -0.05) is 24.2 Å². The lowest BCUT2D eigenvalue weighted by molar-refractivity contribution is 0.0605. The first kappa shape index (κ1) is 12.9. The van der Waals surface area contributed by atoms with Gasteiger partial charge in [0.2, 0.25) is 0 Å². The van der Waals surface area contributed by atoms with Crippen molar-refractivity contribution < 1.29 is 9.53 Å². The zero-order valence-electron chi connectivity index (χ0n) is 11.6.